The maximum Gasteiger partial charge on any atom is 0.239 e. The van der Waals surface area contributed by atoms with Gasteiger partial charge in [-0.2, -0.15) is 10.2 Å². The maximum atomic E-state index is 13.5. The number of benzene rings is 1. The molecule has 1 aromatic heterocycles. The van der Waals surface area contributed by atoms with Crippen LogP contribution < -0.4 is 4.74 Å². The standard InChI is InChI=1S/C11H5ClFN3O/c12-10-5-15-6-11(16-10)17-9-2-1-7(4-14)3-8(9)13/h1-3,5-6H. The molecule has 0 spiro atoms. The molecule has 0 aliphatic carbocycles. The summed E-state index contributed by atoms with van der Waals surface area (Å²) in [5.74, 6) is -0.604. The van der Waals surface area contributed by atoms with Gasteiger partial charge in [-0.3, -0.25) is 4.98 Å². The Morgan fingerprint density at radius 1 is 1.35 bits per heavy atom. The molecule has 0 radical (unpaired) electrons. The van der Waals surface area contributed by atoms with Gasteiger partial charge in [-0.25, -0.2) is 4.39 Å². The number of hydrogen-bond acceptors (Lipinski definition) is 4. The molecule has 0 unspecified atom stereocenters. The van der Waals surface area contributed by atoms with Gasteiger partial charge >= 0.3 is 0 Å². The van der Waals surface area contributed by atoms with Gasteiger partial charge in [0, 0.05) is 0 Å². The molecule has 0 aliphatic rings. The molecule has 6 heteroatoms. The lowest BCUT2D eigenvalue weighted by atomic mass is 10.2. The lowest BCUT2D eigenvalue weighted by Crippen LogP contribution is -1.92. The fourth-order valence-corrected chi connectivity index (χ4v) is 1.28. The van der Waals surface area contributed by atoms with E-state index in [2.05, 4.69) is 9.97 Å². The van der Waals surface area contributed by atoms with Crippen LogP contribution >= 0.6 is 11.6 Å². The molecule has 0 fully saturated rings. The number of halogens is 2. The first-order valence-electron chi connectivity index (χ1n) is 4.54. The molecule has 0 N–H and O–H groups in total. The largest absolute Gasteiger partial charge is 0.434 e. The minimum atomic E-state index is -0.647. The molecule has 2 aromatic rings. The van der Waals surface area contributed by atoms with Crippen LogP contribution in [0.3, 0.4) is 0 Å². The van der Waals surface area contributed by atoms with E-state index in [0.29, 0.717) is 0 Å². The van der Waals surface area contributed by atoms with Crippen molar-refractivity contribution in [1.29, 1.82) is 5.26 Å². The number of aromatic nitrogens is 2. The topological polar surface area (TPSA) is 58.8 Å². The van der Waals surface area contributed by atoms with Crippen molar-refractivity contribution in [2.24, 2.45) is 0 Å². The normalized spacial score (nSPS) is 9.71. The second-order valence-electron chi connectivity index (χ2n) is 3.04. The third-order valence-corrected chi connectivity index (χ3v) is 2.04. The van der Waals surface area contributed by atoms with Crippen molar-refractivity contribution in [3.8, 4) is 17.7 Å². The van der Waals surface area contributed by atoms with Crippen molar-refractivity contribution in [1.82, 2.24) is 9.97 Å². The van der Waals surface area contributed by atoms with E-state index in [9.17, 15) is 4.39 Å². The van der Waals surface area contributed by atoms with Gasteiger partial charge in [0.2, 0.25) is 5.88 Å². The van der Waals surface area contributed by atoms with Crippen LogP contribution in [0, 0.1) is 17.1 Å². The molecule has 0 aliphatic heterocycles. The molecule has 0 atom stereocenters. The number of nitrogens with zero attached hydrogens (tertiary/aromatic N) is 3. The van der Waals surface area contributed by atoms with E-state index in [-0.39, 0.29) is 22.3 Å². The van der Waals surface area contributed by atoms with Crippen molar-refractivity contribution < 1.29 is 9.13 Å². The quantitative estimate of drug-likeness (QED) is 0.821. The summed E-state index contributed by atoms with van der Waals surface area (Å²) in [6, 6.07) is 5.68. The summed E-state index contributed by atoms with van der Waals surface area (Å²) in [4.78, 5) is 7.55. The smallest absolute Gasteiger partial charge is 0.239 e. The molecule has 1 heterocycles. The zero-order valence-electron chi connectivity index (χ0n) is 8.39. The second-order valence-corrected chi connectivity index (χ2v) is 3.43. The van der Waals surface area contributed by atoms with Crippen molar-refractivity contribution >= 4 is 11.6 Å². The SMILES string of the molecule is N#Cc1ccc(Oc2cncc(Cl)n2)c(F)c1. The van der Waals surface area contributed by atoms with Crippen molar-refractivity contribution in [3.63, 3.8) is 0 Å². The maximum absolute atomic E-state index is 13.5. The van der Waals surface area contributed by atoms with E-state index >= 15 is 0 Å². The van der Waals surface area contributed by atoms with Gasteiger partial charge < -0.3 is 4.74 Å². The summed E-state index contributed by atoms with van der Waals surface area (Å²) < 4.78 is 18.6. The summed E-state index contributed by atoms with van der Waals surface area (Å²) in [6.45, 7) is 0. The number of nitriles is 1. The van der Waals surface area contributed by atoms with Gasteiger partial charge in [0.15, 0.2) is 16.7 Å². The molecule has 84 valence electrons. The average Bonchev–Trinajstić information content (AvgIpc) is 2.32. The first-order chi connectivity index (χ1) is 8.19. The van der Waals surface area contributed by atoms with Crippen LogP contribution in [0.2, 0.25) is 5.15 Å². The summed E-state index contributed by atoms with van der Waals surface area (Å²) in [7, 11) is 0. The Bertz CT molecular complexity index is 598. The number of ether oxygens (including phenoxy) is 1. The van der Waals surface area contributed by atoms with Gasteiger partial charge in [-0.05, 0) is 18.2 Å². The minimum absolute atomic E-state index is 0.0411. The number of hydrogen-bond donors (Lipinski definition) is 0. The van der Waals surface area contributed by atoms with Gasteiger partial charge in [0.05, 0.1) is 24.0 Å². The lowest BCUT2D eigenvalue weighted by Gasteiger charge is -2.05. The summed E-state index contributed by atoms with van der Waals surface area (Å²) in [5.41, 5.74) is 0.215. The highest BCUT2D eigenvalue weighted by atomic mass is 35.5. The fourth-order valence-electron chi connectivity index (χ4n) is 1.14. The first-order valence-corrected chi connectivity index (χ1v) is 4.92. The minimum Gasteiger partial charge on any atom is -0.434 e. The predicted molar refractivity (Wildman–Crippen MR) is 58.2 cm³/mol. The highest BCUT2D eigenvalue weighted by Gasteiger charge is 2.07. The zero-order valence-corrected chi connectivity index (χ0v) is 9.15. The zero-order chi connectivity index (χ0) is 12.3. The third kappa shape index (κ3) is 2.68. The van der Waals surface area contributed by atoms with E-state index in [1.165, 1.54) is 24.5 Å². The first kappa shape index (κ1) is 11.3. The van der Waals surface area contributed by atoms with Crippen LogP contribution in [-0.2, 0) is 0 Å². The molecule has 0 amide bonds. The molecule has 17 heavy (non-hydrogen) atoms. The molecule has 0 bridgehead atoms. The van der Waals surface area contributed by atoms with Crippen LogP contribution in [0.4, 0.5) is 4.39 Å². The molecular formula is C11H5ClFN3O. The van der Waals surface area contributed by atoms with Crippen LogP contribution in [0.5, 0.6) is 11.6 Å². The Labute approximate surface area is 101 Å². The summed E-state index contributed by atoms with van der Waals surface area (Å²) >= 11 is 5.61. The Balaban J connectivity index is 2.28. The molecular weight excluding hydrogens is 245 g/mol. The van der Waals surface area contributed by atoms with Crippen LogP contribution in [0.15, 0.2) is 30.6 Å². The van der Waals surface area contributed by atoms with Gasteiger partial charge in [-0.1, -0.05) is 11.6 Å². The van der Waals surface area contributed by atoms with E-state index in [1.807, 2.05) is 6.07 Å². The highest BCUT2D eigenvalue weighted by Crippen LogP contribution is 2.23. The molecule has 0 saturated carbocycles. The Morgan fingerprint density at radius 2 is 2.18 bits per heavy atom. The highest BCUT2D eigenvalue weighted by molar-refractivity contribution is 6.29. The predicted octanol–water partition coefficient (Wildman–Crippen LogP) is 2.93. The van der Waals surface area contributed by atoms with E-state index in [0.717, 1.165) is 6.07 Å². The molecule has 0 saturated heterocycles. The lowest BCUT2D eigenvalue weighted by molar-refractivity contribution is 0.425. The Kier molecular flexibility index (Phi) is 3.17. The van der Waals surface area contributed by atoms with Crippen molar-refractivity contribution in [3.05, 3.63) is 47.1 Å². The van der Waals surface area contributed by atoms with Crippen LogP contribution in [0.1, 0.15) is 5.56 Å². The van der Waals surface area contributed by atoms with Gasteiger partial charge in [-0.15, -0.1) is 0 Å². The summed E-state index contributed by atoms with van der Waals surface area (Å²) in [5, 5.41) is 8.73. The van der Waals surface area contributed by atoms with Crippen LogP contribution in [-0.4, -0.2) is 9.97 Å². The average molecular weight is 250 g/mol. The monoisotopic (exact) mass is 249 g/mol. The third-order valence-electron chi connectivity index (χ3n) is 1.86. The van der Waals surface area contributed by atoms with Gasteiger partial charge in [0.1, 0.15) is 0 Å². The Hall–Kier alpha value is -2.19. The molecule has 2 rings (SSSR count). The van der Waals surface area contributed by atoms with Crippen LogP contribution in [0.25, 0.3) is 0 Å². The van der Waals surface area contributed by atoms with Crippen molar-refractivity contribution in [2.75, 3.05) is 0 Å². The molecule has 1 aromatic carbocycles. The molecule has 4 nitrogen and oxygen atoms in total. The second kappa shape index (κ2) is 4.76. The fraction of sp³-hybridized carbons (Fsp3) is 0. The Morgan fingerprint density at radius 3 is 2.82 bits per heavy atom. The van der Waals surface area contributed by atoms with E-state index in [4.69, 9.17) is 21.6 Å². The van der Waals surface area contributed by atoms with Crippen molar-refractivity contribution in [2.45, 2.75) is 0 Å². The van der Waals surface area contributed by atoms with E-state index in [1.54, 1.807) is 0 Å². The van der Waals surface area contributed by atoms with Gasteiger partial charge in [0.25, 0.3) is 0 Å². The van der Waals surface area contributed by atoms with E-state index < -0.39 is 5.82 Å². The summed E-state index contributed by atoms with van der Waals surface area (Å²) in [6.07, 6.45) is 2.65. The number of rotatable bonds is 2.